The maximum Gasteiger partial charge on any atom is 0.128 e. The average molecular weight is 192 g/mol. The van der Waals surface area contributed by atoms with E-state index in [0.29, 0.717) is 12.5 Å². The second-order valence-corrected chi connectivity index (χ2v) is 3.97. The van der Waals surface area contributed by atoms with Crippen molar-refractivity contribution in [3.05, 3.63) is 24.4 Å². The van der Waals surface area contributed by atoms with Crippen LogP contribution < -0.4 is 4.90 Å². The molecular weight excluding hydrogens is 176 g/mol. The summed E-state index contributed by atoms with van der Waals surface area (Å²) in [5.41, 5.74) is 0. The Morgan fingerprint density at radius 3 is 3.00 bits per heavy atom. The molecule has 2 heterocycles. The molecule has 0 amide bonds. The van der Waals surface area contributed by atoms with Gasteiger partial charge in [-0.25, -0.2) is 4.98 Å². The van der Waals surface area contributed by atoms with Gasteiger partial charge in [0.05, 0.1) is 6.10 Å². The summed E-state index contributed by atoms with van der Waals surface area (Å²) in [6.07, 6.45) is 2.61. The molecule has 3 heteroatoms. The molecule has 0 aliphatic carbocycles. The van der Waals surface area contributed by atoms with Crippen LogP contribution in [0.2, 0.25) is 0 Å². The Morgan fingerprint density at radius 2 is 2.36 bits per heavy atom. The Labute approximate surface area is 84.4 Å². The fraction of sp³-hybridized carbons (Fsp3) is 0.545. The normalized spacial score (nSPS) is 27.7. The van der Waals surface area contributed by atoms with Gasteiger partial charge in [-0.1, -0.05) is 13.0 Å². The summed E-state index contributed by atoms with van der Waals surface area (Å²) < 4.78 is 0. The second kappa shape index (κ2) is 3.96. The zero-order chi connectivity index (χ0) is 9.97. The summed E-state index contributed by atoms with van der Waals surface area (Å²) in [5, 5.41) is 9.74. The third kappa shape index (κ3) is 1.87. The van der Waals surface area contributed by atoms with E-state index in [4.69, 9.17) is 0 Å². The Bertz CT molecular complexity index is 289. The molecule has 1 aromatic rings. The first-order valence-electron chi connectivity index (χ1n) is 5.11. The molecule has 1 aliphatic heterocycles. The largest absolute Gasteiger partial charge is 0.391 e. The molecule has 1 N–H and O–H groups in total. The van der Waals surface area contributed by atoms with Crippen LogP contribution in [0.5, 0.6) is 0 Å². The summed E-state index contributed by atoms with van der Waals surface area (Å²) in [6, 6.07) is 5.88. The lowest BCUT2D eigenvalue weighted by atomic mass is 9.96. The fourth-order valence-electron chi connectivity index (χ4n) is 1.80. The number of hydrogen-bond acceptors (Lipinski definition) is 3. The van der Waals surface area contributed by atoms with Crippen LogP contribution in [0.1, 0.15) is 13.3 Å². The molecule has 1 aliphatic rings. The number of pyridine rings is 1. The van der Waals surface area contributed by atoms with Gasteiger partial charge in [0, 0.05) is 19.3 Å². The smallest absolute Gasteiger partial charge is 0.128 e. The predicted octanol–water partition coefficient (Wildman–Crippen LogP) is 1.29. The molecule has 0 radical (unpaired) electrons. The van der Waals surface area contributed by atoms with E-state index in [1.54, 1.807) is 6.20 Å². The number of anilines is 1. The molecule has 1 saturated heterocycles. The van der Waals surface area contributed by atoms with Gasteiger partial charge in [0.1, 0.15) is 5.82 Å². The maximum absolute atomic E-state index is 9.74. The van der Waals surface area contributed by atoms with Crippen molar-refractivity contribution in [1.29, 1.82) is 0 Å². The summed E-state index contributed by atoms with van der Waals surface area (Å²) in [5.74, 6) is 1.38. The average Bonchev–Trinajstić information content (AvgIpc) is 2.23. The first kappa shape index (κ1) is 9.46. The van der Waals surface area contributed by atoms with Crippen LogP contribution in [0.3, 0.4) is 0 Å². The SMILES string of the molecule is CC1CCN(c2ccccn2)CC1O. The molecule has 76 valence electrons. The van der Waals surface area contributed by atoms with Crippen LogP contribution in [0.25, 0.3) is 0 Å². The first-order chi connectivity index (χ1) is 6.77. The van der Waals surface area contributed by atoms with Crippen molar-refractivity contribution >= 4 is 5.82 Å². The van der Waals surface area contributed by atoms with Gasteiger partial charge < -0.3 is 10.0 Å². The first-order valence-corrected chi connectivity index (χ1v) is 5.11. The van der Waals surface area contributed by atoms with E-state index in [2.05, 4.69) is 16.8 Å². The van der Waals surface area contributed by atoms with Crippen LogP contribution in [0.15, 0.2) is 24.4 Å². The van der Waals surface area contributed by atoms with E-state index in [0.717, 1.165) is 18.8 Å². The molecule has 14 heavy (non-hydrogen) atoms. The van der Waals surface area contributed by atoms with Crippen molar-refractivity contribution in [1.82, 2.24) is 4.98 Å². The number of rotatable bonds is 1. The third-order valence-corrected chi connectivity index (χ3v) is 2.89. The van der Waals surface area contributed by atoms with Crippen molar-refractivity contribution in [3.63, 3.8) is 0 Å². The summed E-state index contributed by atoms with van der Waals surface area (Å²) in [7, 11) is 0. The topological polar surface area (TPSA) is 36.4 Å². The van der Waals surface area contributed by atoms with Gasteiger partial charge in [0.25, 0.3) is 0 Å². The minimum Gasteiger partial charge on any atom is -0.391 e. The number of nitrogens with zero attached hydrogens (tertiary/aromatic N) is 2. The van der Waals surface area contributed by atoms with E-state index in [1.807, 2.05) is 18.2 Å². The Kier molecular flexibility index (Phi) is 2.68. The predicted molar refractivity (Wildman–Crippen MR) is 56.2 cm³/mol. The van der Waals surface area contributed by atoms with Gasteiger partial charge in [-0.15, -0.1) is 0 Å². The molecule has 2 atom stereocenters. The Balaban J connectivity index is 2.07. The van der Waals surface area contributed by atoms with E-state index < -0.39 is 0 Å². The lowest BCUT2D eigenvalue weighted by molar-refractivity contribution is 0.102. The van der Waals surface area contributed by atoms with Crippen molar-refractivity contribution in [2.24, 2.45) is 5.92 Å². The molecule has 0 spiro atoms. The van der Waals surface area contributed by atoms with Crippen LogP contribution >= 0.6 is 0 Å². The number of aliphatic hydroxyl groups is 1. The number of aliphatic hydroxyl groups excluding tert-OH is 1. The van der Waals surface area contributed by atoms with Gasteiger partial charge in [-0.05, 0) is 24.5 Å². The molecule has 1 fully saturated rings. The molecule has 2 rings (SSSR count). The second-order valence-electron chi connectivity index (χ2n) is 3.97. The highest BCUT2D eigenvalue weighted by Gasteiger charge is 2.24. The summed E-state index contributed by atoms with van der Waals surface area (Å²) >= 11 is 0. The van der Waals surface area contributed by atoms with Gasteiger partial charge >= 0.3 is 0 Å². The van der Waals surface area contributed by atoms with E-state index in [1.165, 1.54) is 0 Å². The molecule has 0 aromatic carbocycles. The van der Waals surface area contributed by atoms with E-state index in [9.17, 15) is 5.11 Å². The summed E-state index contributed by atoms with van der Waals surface area (Å²) in [4.78, 5) is 6.42. The monoisotopic (exact) mass is 192 g/mol. The summed E-state index contributed by atoms with van der Waals surface area (Å²) in [6.45, 7) is 3.80. The maximum atomic E-state index is 9.74. The van der Waals surface area contributed by atoms with Crippen molar-refractivity contribution in [2.45, 2.75) is 19.4 Å². The van der Waals surface area contributed by atoms with E-state index >= 15 is 0 Å². The highest BCUT2D eigenvalue weighted by Crippen LogP contribution is 2.21. The number of piperidine rings is 1. The van der Waals surface area contributed by atoms with Crippen LogP contribution in [-0.4, -0.2) is 29.3 Å². The van der Waals surface area contributed by atoms with Crippen LogP contribution in [0.4, 0.5) is 5.82 Å². The Hall–Kier alpha value is -1.09. The zero-order valence-electron chi connectivity index (χ0n) is 8.43. The number of hydrogen-bond donors (Lipinski definition) is 1. The Morgan fingerprint density at radius 1 is 1.50 bits per heavy atom. The lowest BCUT2D eigenvalue weighted by Gasteiger charge is -2.34. The van der Waals surface area contributed by atoms with Crippen molar-refractivity contribution in [2.75, 3.05) is 18.0 Å². The van der Waals surface area contributed by atoms with Gasteiger partial charge in [0.15, 0.2) is 0 Å². The molecule has 1 aromatic heterocycles. The van der Waals surface area contributed by atoms with Crippen molar-refractivity contribution in [3.8, 4) is 0 Å². The third-order valence-electron chi connectivity index (χ3n) is 2.89. The van der Waals surface area contributed by atoms with Crippen LogP contribution in [-0.2, 0) is 0 Å². The quantitative estimate of drug-likeness (QED) is 0.728. The molecular formula is C11H16N2O. The van der Waals surface area contributed by atoms with Crippen LogP contribution in [0, 0.1) is 5.92 Å². The zero-order valence-corrected chi connectivity index (χ0v) is 8.43. The minimum atomic E-state index is -0.217. The van der Waals surface area contributed by atoms with Gasteiger partial charge in [-0.3, -0.25) is 0 Å². The van der Waals surface area contributed by atoms with E-state index in [-0.39, 0.29) is 6.10 Å². The number of aromatic nitrogens is 1. The highest BCUT2D eigenvalue weighted by molar-refractivity contribution is 5.38. The molecule has 3 nitrogen and oxygen atoms in total. The highest BCUT2D eigenvalue weighted by atomic mass is 16.3. The molecule has 0 saturated carbocycles. The number of β-amino-alcohol motifs (C(OH)–C–C–N with tert-alkyl or cyclic N) is 1. The van der Waals surface area contributed by atoms with Gasteiger partial charge in [-0.2, -0.15) is 0 Å². The minimum absolute atomic E-state index is 0.217. The van der Waals surface area contributed by atoms with Crippen molar-refractivity contribution < 1.29 is 5.11 Å². The molecule has 0 bridgehead atoms. The fourth-order valence-corrected chi connectivity index (χ4v) is 1.80. The lowest BCUT2D eigenvalue weighted by Crippen LogP contribution is -2.43. The standard InChI is InChI=1S/C11H16N2O/c1-9-5-7-13(8-10(9)14)11-4-2-3-6-12-11/h2-4,6,9-10,14H,5,7-8H2,1H3. The van der Waals surface area contributed by atoms with Gasteiger partial charge in [0.2, 0.25) is 0 Å². The molecule has 2 unspecified atom stereocenters.